The molecule has 4 heteroatoms. The van der Waals surface area contributed by atoms with Gasteiger partial charge in [-0.3, -0.25) is 4.79 Å². The summed E-state index contributed by atoms with van der Waals surface area (Å²) in [6.45, 7) is 3.48. The largest absolute Gasteiger partial charge is 0.496 e. The molecule has 0 unspecified atom stereocenters. The highest BCUT2D eigenvalue weighted by molar-refractivity contribution is 5.94. The van der Waals surface area contributed by atoms with Crippen LogP contribution in [0.3, 0.4) is 0 Å². The zero-order valence-corrected chi connectivity index (χ0v) is 14.0. The summed E-state index contributed by atoms with van der Waals surface area (Å²) in [6, 6.07) is 15.7. The molecule has 122 valence electrons. The molecule has 2 rings (SSSR count). The molecule has 0 bridgehead atoms. The molecule has 0 aliphatic rings. The summed E-state index contributed by atoms with van der Waals surface area (Å²) in [5.74, 6) is 0.754. The third kappa shape index (κ3) is 4.74. The number of carbonyl (C=O) groups excluding carboxylic acids is 1. The Morgan fingerprint density at radius 2 is 1.91 bits per heavy atom. The number of amides is 1. The van der Waals surface area contributed by atoms with Crippen LogP contribution in [0.2, 0.25) is 0 Å². The van der Waals surface area contributed by atoms with Crippen molar-refractivity contribution < 1.29 is 9.53 Å². The van der Waals surface area contributed by atoms with Gasteiger partial charge in [0.15, 0.2) is 0 Å². The summed E-state index contributed by atoms with van der Waals surface area (Å²) in [5.41, 5.74) is 2.81. The second kappa shape index (κ2) is 8.22. The maximum absolute atomic E-state index is 12.1. The first kappa shape index (κ1) is 16.9. The summed E-state index contributed by atoms with van der Waals surface area (Å²) in [4.78, 5) is 14.3. The topological polar surface area (TPSA) is 41.6 Å². The van der Waals surface area contributed by atoms with E-state index in [0.29, 0.717) is 12.1 Å². The third-order valence-corrected chi connectivity index (χ3v) is 3.81. The minimum absolute atomic E-state index is 0.0434. The lowest BCUT2D eigenvalue weighted by molar-refractivity contribution is 0.0953. The van der Waals surface area contributed by atoms with Crippen LogP contribution in [-0.2, 0) is 0 Å². The van der Waals surface area contributed by atoms with Gasteiger partial charge < -0.3 is 15.0 Å². The Bertz CT molecular complexity index is 641. The van der Waals surface area contributed by atoms with Crippen LogP contribution < -0.4 is 15.0 Å². The molecule has 2 aromatic rings. The van der Waals surface area contributed by atoms with Gasteiger partial charge in [-0.25, -0.2) is 0 Å². The first-order valence-electron chi connectivity index (χ1n) is 7.81. The molecule has 23 heavy (non-hydrogen) atoms. The van der Waals surface area contributed by atoms with Crippen LogP contribution in [0, 0.1) is 6.92 Å². The number of ether oxygens (including phenoxy) is 1. The van der Waals surface area contributed by atoms with Gasteiger partial charge in [0, 0.05) is 31.4 Å². The Balaban J connectivity index is 1.78. The van der Waals surface area contributed by atoms with E-state index in [-0.39, 0.29) is 5.91 Å². The molecule has 0 spiro atoms. The predicted octanol–water partition coefficient (Wildman–Crippen LogP) is 3.26. The van der Waals surface area contributed by atoms with Crippen LogP contribution in [0.25, 0.3) is 0 Å². The van der Waals surface area contributed by atoms with E-state index in [4.69, 9.17) is 4.74 Å². The molecule has 2 aromatic carbocycles. The number of benzene rings is 2. The van der Waals surface area contributed by atoms with Crippen molar-refractivity contribution in [3.8, 4) is 5.75 Å². The van der Waals surface area contributed by atoms with Crippen LogP contribution in [0.15, 0.2) is 48.5 Å². The van der Waals surface area contributed by atoms with E-state index in [1.807, 2.05) is 37.3 Å². The van der Waals surface area contributed by atoms with Gasteiger partial charge in [0.25, 0.3) is 5.91 Å². The number of nitrogens with one attached hydrogen (secondary N) is 1. The van der Waals surface area contributed by atoms with Crippen molar-refractivity contribution >= 4 is 11.6 Å². The van der Waals surface area contributed by atoms with Crippen molar-refractivity contribution in [2.45, 2.75) is 13.3 Å². The van der Waals surface area contributed by atoms with E-state index in [1.165, 1.54) is 5.69 Å². The number of anilines is 1. The SMILES string of the molecule is COc1ccc(C(=O)NCCCN(C)c2ccccc2)cc1C. The lowest BCUT2D eigenvalue weighted by atomic mass is 10.1. The lowest BCUT2D eigenvalue weighted by Crippen LogP contribution is -2.28. The highest BCUT2D eigenvalue weighted by Gasteiger charge is 2.07. The third-order valence-electron chi connectivity index (χ3n) is 3.81. The van der Waals surface area contributed by atoms with E-state index in [1.54, 1.807) is 13.2 Å². The fourth-order valence-electron chi connectivity index (χ4n) is 2.45. The average Bonchev–Trinajstić information content (AvgIpc) is 2.59. The lowest BCUT2D eigenvalue weighted by Gasteiger charge is -2.19. The molecule has 0 saturated heterocycles. The first-order valence-corrected chi connectivity index (χ1v) is 7.81. The average molecular weight is 312 g/mol. The molecule has 0 aliphatic heterocycles. The van der Waals surface area contributed by atoms with E-state index < -0.39 is 0 Å². The molecule has 0 fully saturated rings. The van der Waals surface area contributed by atoms with Crippen LogP contribution >= 0.6 is 0 Å². The fraction of sp³-hybridized carbons (Fsp3) is 0.316. The number of aryl methyl sites for hydroxylation is 1. The maximum Gasteiger partial charge on any atom is 0.251 e. The van der Waals surface area contributed by atoms with Gasteiger partial charge in [-0.05, 0) is 49.2 Å². The van der Waals surface area contributed by atoms with E-state index in [2.05, 4.69) is 29.4 Å². The number of methoxy groups -OCH3 is 1. The van der Waals surface area contributed by atoms with Crippen LogP contribution in [0.4, 0.5) is 5.69 Å². The molecule has 0 heterocycles. The van der Waals surface area contributed by atoms with Crippen molar-refractivity contribution in [3.05, 3.63) is 59.7 Å². The molecule has 0 atom stereocenters. The number of para-hydroxylation sites is 1. The van der Waals surface area contributed by atoms with Crippen molar-refractivity contribution in [2.75, 3.05) is 32.1 Å². The summed E-state index contributed by atoms with van der Waals surface area (Å²) < 4.78 is 5.21. The number of rotatable bonds is 7. The monoisotopic (exact) mass is 312 g/mol. The summed E-state index contributed by atoms with van der Waals surface area (Å²) >= 11 is 0. The molecule has 0 radical (unpaired) electrons. The highest BCUT2D eigenvalue weighted by Crippen LogP contribution is 2.18. The molecule has 0 aromatic heterocycles. The highest BCUT2D eigenvalue weighted by atomic mass is 16.5. The Hall–Kier alpha value is -2.49. The quantitative estimate of drug-likeness (QED) is 0.798. The molecule has 4 nitrogen and oxygen atoms in total. The number of hydrogen-bond acceptors (Lipinski definition) is 3. The molecule has 1 amide bonds. The van der Waals surface area contributed by atoms with Crippen molar-refractivity contribution in [1.29, 1.82) is 0 Å². The summed E-state index contributed by atoms with van der Waals surface area (Å²) in [7, 11) is 3.69. The smallest absolute Gasteiger partial charge is 0.251 e. The normalized spacial score (nSPS) is 10.2. The standard InChI is InChI=1S/C19H24N2O2/c1-15-14-16(10-11-18(15)23-3)19(22)20-12-7-13-21(2)17-8-5-4-6-9-17/h4-6,8-11,14H,7,12-13H2,1-3H3,(H,20,22). The number of carbonyl (C=O) groups is 1. The van der Waals surface area contributed by atoms with Crippen molar-refractivity contribution in [2.24, 2.45) is 0 Å². The zero-order chi connectivity index (χ0) is 16.7. The molecular formula is C19H24N2O2. The van der Waals surface area contributed by atoms with E-state index in [0.717, 1.165) is 24.3 Å². The zero-order valence-electron chi connectivity index (χ0n) is 14.0. The number of nitrogens with zero attached hydrogens (tertiary/aromatic N) is 1. The fourth-order valence-corrected chi connectivity index (χ4v) is 2.45. The second-order valence-electron chi connectivity index (χ2n) is 5.55. The molecule has 0 aliphatic carbocycles. The van der Waals surface area contributed by atoms with Crippen LogP contribution in [0.5, 0.6) is 5.75 Å². The van der Waals surface area contributed by atoms with Crippen molar-refractivity contribution in [1.82, 2.24) is 5.32 Å². The minimum atomic E-state index is -0.0434. The Labute approximate surface area is 138 Å². The maximum atomic E-state index is 12.1. The Kier molecular flexibility index (Phi) is 6.03. The van der Waals surface area contributed by atoms with Gasteiger partial charge in [0.1, 0.15) is 5.75 Å². The van der Waals surface area contributed by atoms with E-state index >= 15 is 0 Å². The first-order chi connectivity index (χ1) is 11.1. The summed E-state index contributed by atoms with van der Waals surface area (Å²) in [5, 5.41) is 2.96. The Morgan fingerprint density at radius 1 is 1.17 bits per heavy atom. The van der Waals surface area contributed by atoms with Gasteiger partial charge in [0.2, 0.25) is 0 Å². The van der Waals surface area contributed by atoms with Crippen LogP contribution in [0.1, 0.15) is 22.3 Å². The summed E-state index contributed by atoms with van der Waals surface area (Å²) in [6.07, 6.45) is 0.895. The molecular weight excluding hydrogens is 288 g/mol. The molecule has 0 saturated carbocycles. The second-order valence-corrected chi connectivity index (χ2v) is 5.55. The van der Waals surface area contributed by atoms with Crippen LogP contribution in [-0.4, -0.2) is 33.2 Å². The number of hydrogen-bond donors (Lipinski definition) is 1. The van der Waals surface area contributed by atoms with E-state index in [9.17, 15) is 4.79 Å². The van der Waals surface area contributed by atoms with Gasteiger partial charge in [-0.15, -0.1) is 0 Å². The van der Waals surface area contributed by atoms with Crippen molar-refractivity contribution in [3.63, 3.8) is 0 Å². The minimum Gasteiger partial charge on any atom is -0.496 e. The van der Waals surface area contributed by atoms with Gasteiger partial charge in [-0.1, -0.05) is 18.2 Å². The predicted molar refractivity (Wildman–Crippen MR) is 94.4 cm³/mol. The van der Waals surface area contributed by atoms with Gasteiger partial charge >= 0.3 is 0 Å². The van der Waals surface area contributed by atoms with Gasteiger partial charge in [-0.2, -0.15) is 0 Å². The Morgan fingerprint density at radius 3 is 2.57 bits per heavy atom. The molecule has 1 N–H and O–H groups in total. The van der Waals surface area contributed by atoms with Gasteiger partial charge in [0.05, 0.1) is 7.11 Å².